The van der Waals surface area contributed by atoms with Gasteiger partial charge in [-0.15, -0.1) is 0 Å². The van der Waals surface area contributed by atoms with Crippen molar-refractivity contribution in [1.29, 1.82) is 0 Å². The molecule has 25 heavy (non-hydrogen) atoms. The Bertz CT molecular complexity index is 963. The summed E-state index contributed by atoms with van der Waals surface area (Å²) in [6, 6.07) is 10.7. The van der Waals surface area contributed by atoms with E-state index in [1.807, 2.05) is 32.0 Å². The average Bonchev–Trinajstić information content (AvgIpc) is 2.77. The average molecular weight is 360 g/mol. The minimum atomic E-state index is -3.71. The number of hydrogen-bond acceptors (Lipinski definition) is 4. The second-order valence-corrected chi connectivity index (χ2v) is 8.90. The van der Waals surface area contributed by atoms with E-state index >= 15 is 0 Å². The topological polar surface area (TPSA) is 66.9 Å². The zero-order valence-corrected chi connectivity index (χ0v) is 15.0. The van der Waals surface area contributed by atoms with Crippen LogP contribution in [-0.4, -0.2) is 51.1 Å². The van der Waals surface area contributed by atoms with Gasteiger partial charge in [0.05, 0.1) is 22.8 Å². The molecule has 0 spiro atoms. The molecule has 2 aromatic rings. The molecular formula is C18H20N2O4S. The third-order valence-electron chi connectivity index (χ3n) is 4.74. The molecule has 0 aliphatic carbocycles. The van der Waals surface area contributed by atoms with Crippen molar-refractivity contribution in [2.75, 3.05) is 30.5 Å². The maximum Gasteiger partial charge on any atom is 0.265 e. The van der Waals surface area contributed by atoms with Gasteiger partial charge in [0.15, 0.2) is 0 Å². The first-order chi connectivity index (χ1) is 11.8. The highest BCUT2D eigenvalue weighted by Crippen LogP contribution is 2.41. The molecule has 7 heteroatoms. The van der Waals surface area contributed by atoms with Gasteiger partial charge < -0.3 is 9.64 Å². The maximum absolute atomic E-state index is 12.9. The monoisotopic (exact) mass is 360 g/mol. The summed E-state index contributed by atoms with van der Waals surface area (Å²) in [4.78, 5) is 14.7. The molecule has 0 unspecified atom stereocenters. The Morgan fingerprint density at radius 3 is 2.64 bits per heavy atom. The SMILES string of the molecule is CC1(C)CN(C(=O)CN2c3cccc4cccc(c34)S2(=O)=O)CCO1. The highest BCUT2D eigenvalue weighted by molar-refractivity contribution is 7.93. The molecule has 2 heterocycles. The number of sulfonamides is 1. The number of morpholine rings is 1. The van der Waals surface area contributed by atoms with Gasteiger partial charge in [-0.25, -0.2) is 8.42 Å². The molecule has 132 valence electrons. The lowest BCUT2D eigenvalue weighted by atomic mass is 10.1. The van der Waals surface area contributed by atoms with Crippen LogP contribution in [-0.2, 0) is 19.6 Å². The molecule has 1 fully saturated rings. The van der Waals surface area contributed by atoms with Gasteiger partial charge >= 0.3 is 0 Å². The van der Waals surface area contributed by atoms with E-state index in [1.165, 1.54) is 4.31 Å². The van der Waals surface area contributed by atoms with E-state index in [1.54, 1.807) is 23.1 Å². The number of nitrogens with zero attached hydrogens (tertiary/aromatic N) is 2. The van der Waals surface area contributed by atoms with Gasteiger partial charge in [0.25, 0.3) is 10.0 Å². The van der Waals surface area contributed by atoms with E-state index in [4.69, 9.17) is 4.74 Å². The van der Waals surface area contributed by atoms with Crippen LogP contribution in [0.4, 0.5) is 5.69 Å². The number of hydrogen-bond donors (Lipinski definition) is 0. The molecule has 6 nitrogen and oxygen atoms in total. The smallest absolute Gasteiger partial charge is 0.265 e. The van der Waals surface area contributed by atoms with E-state index in [0.717, 1.165) is 5.39 Å². The summed E-state index contributed by atoms with van der Waals surface area (Å²) < 4.78 is 32.7. The summed E-state index contributed by atoms with van der Waals surface area (Å²) in [7, 11) is -3.71. The van der Waals surface area contributed by atoms with Gasteiger partial charge in [0.2, 0.25) is 5.91 Å². The summed E-state index contributed by atoms with van der Waals surface area (Å²) in [6.45, 7) is 5.06. The number of benzene rings is 2. The van der Waals surface area contributed by atoms with Crippen LogP contribution in [0.1, 0.15) is 13.8 Å². The lowest BCUT2D eigenvalue weighted by Gasteiger charge is -2.38. The molecule has 1 amide bonds. The van der Waals surface area contributed by atoms with Gasteiger partial charge in [0.1, 0.15) is 6.54 Å². The van der Waals surface area contributed by atoms with Crippen LogP contribution in [0.15, 0.2) is 41.3 Å². The number of rotatable bonds is 2. The summed E-state index contributed by atoms with van der Waals surface area (Å²) in [5.41, 5.74) is 0.162. The van der Waals surface area contributed by atoms with Gasteiger partial charge in [-0.05, 0) is 31.4 Å². The van der Waals surface area contributed by atoms with Crippen molar-refractivity contribution in [1.82, 2.24) is 4.90 Å². The summed E-state index contributed by atoms with van der Waals surface area (Å²) in [5, 5.41) is 1.56. The lowest BCUT2D eigenvalue weighted by molar-refractivity contribution is -0.144. The number of carbonyl (C=O) groups excluding carboxylic acids is 1. The number of carbonyl (C=O) groups is 1. The molecule has 0 atom stereocenters. The zero-order valence-electron chi connectivity index (χ0n) is 14.2. The van der Waals surface area contributed by atoms with Crippen molar-refractivity contribution < 1.29 is 17.9 Å². The molecule has 0 saturated carbocycles. The Morgan fingerprint density at radius 1 is 1.20 bits per heavy atom. The van der Waals surface area contributed by atoms with E-state index < -0.39 is 15.6 Å². The van der Waals surface area contributed by atoms with Crippen molar-refractivity contribution in [2.24, 2.45) is 0 Å². The van der Waals surface area contributed by atoms with E-state index in [2.05, 4.69) is 0 Å². The van der Waals surface area contributed by atoms with Crippen LogP contribution < -0.4 is 4.31 Å². The Morgan fingerprint density at radius 2 is 1.92 bits per heavy atom. The van der Waals surface area contributed by atoms with Gasteiger partial charge in [0, 0.05) is 18.5 Å². The minimum absolute atomic E-state index is 0.188. The lowest BCUT2D eigenvalue weighted by Crippen LogP contribution is -2.53. The normalized spacial score (nSPS) is 20.9. The number of anilines is 1. The first kappa shape index (κ1) is 16.4. The zero-order chi connectivity index (χ0) is 17.8. The van der Waals surface area contributed by atoms with Crippen LogP contribution in [0.25, 0.3) is 10.8 Å². The molecular weight excluding hydrogens is 340 g/mol. The molecule has 2 aliphatic rings. The minimum Gasteiger partial charge on any atom is -0.372 e. The Labute approximate surface area is 147 Å². The second kappa shape index (κ2) is 5.44. The second-order valence-electron chi connectivity index (χ2n) is 7.07. The van der Waals surface area contributed by atoms with Crippen LogP contribution >= 0.6 is 0 Å². The standard InChI is InChI=1S/C18H20N2O4S/c1-18(2)12-19(9-10-24-18)16(21)11-20-14-7-3-5-13-6-4-8-15(17(13)14)25(20,22)23/h3-8H,9-12H2,1-2H3. The van der Waals surface area contributed by atoms with E-state index in [0.29, 0.717) is 30.8 Å². The number of ether oxygens (including phenoxy) is 1. The van der Waals surface area contributed by atoms with Crippen molar-refractivity contribution in [2.45, 2.75) is 24.3 Å². The Kier molecular flexibility index (Phi) is 3.56. The summed E-state index contributed by atoms with van der Waals surface area (Å²) >= 11 is 0. The molecule has 0 aromatic heterocycles. The molecule has 0 N–H and O–H groups in total. The summed E-state index contributed by atoms with van der Waals surface area (Å²) in [5.74, 6) is -0.204. The fourth-order valence-corrected chi connectivity index (χ4v) is 5.24. The van der Waals surface area contributed by atoms with Crippen molar-refractivity contribution >= 4 is 32.4 Å². The molecule has 1 saturated heterocycles. The first-order valence-corrected chi connectivity index (χ1v) is 9.70. The van der Waals surface area contributed by atoms with Crippen molar-refractivity contribution in [3.05, 3.63) is 36.4 Å². The number of amides is 1. The highest BCUT2D eigenvalue weighted by Gasteiger charge is 2.38. The van der Waals surface area contributed by atoms with Crippen LogP contribution in [0.2, 0.25) is 0 Å². The first-order valence-electron chi connectivity index (χ1n) is 8.26. The molecule has 0 radical (unpaired) electrons. The van der Waals surface area contributed by atoms with E-state index in [9.17, 15) is 13.2 Å². The molecule has 2 aromatic carbocycles. The summed E-state index contributed by atoms with van der Waals surface area (Å²) in [6.07, 6.45) is 0. The Balaban J connectivity index is 1.68. The molecule has 0 bridgehead atoms. The van der Waals surface area contributed by atoms with Crippen molar-refractivity contribution in [3.63, 3.8) is 0 Å². The van der Waals surface area contributed by atoms with Gasteiger partial charge in [-0.2, -0.15) is 0 Å². The fourth-order valence-electron chi connectivity index (χ4n) is 3.58. The van der Waals surface area contributed by atoms with E-state index in [-0.39, 0.29) is 17.3 Å². The largest absolute Gasteiger partial charge is 0.372 e. The third-order valence-corrected chi connectivity index (χ3v) is 6.54. The Hall–Kier alpha value is -2.12. The molecule has 2 aliphatic heterocycles. The van der Waals surface area contributed by atoms with Crippen molar-refractivity contribution in [3.8, 4) is 0 Å². The third kappa shape index (κ3) is 2.58. The quantitative estimate of drug-likeness (QED) is 0.821. The maximum atomic E-state index is 12.9. The van der Waals surface area contributed by atoms with Crippen LogP contribution in [0, 0.1) is 0 Å². The highest BCUT2D eigenvalue weighted by atomic mass is 32.2. The van der Waals surface area contributed by atoms with Crippen LogP contribution in [0.3, 0.4) is 0 Å². The van der Waals surface area contributed by atoms with Gasteiger partial charge in [-0.3, -0.25) is 9.10 Å². The predicted octanol–water partition coefficient (Wildman–Crippen LogP) is 1.99. The fraction of sp³-hybridized carbons (Fsp3) is 0.389. The predicted molar refractivity (Wildman–Crippen MR) is 95.1 cm³/mol. The van der Waals surface area contributed by atoms with Crippen LogP contribution in [0.5, 0.6) is 0 Å². The van der Waals surface area contributed by atoms with Gasteiger partial charge in [-0.1, -0.05) is 24.3 Å². The molecule has 4 rings (SSSR count).